The van der Waals surface area contributed by atoms with Crippen molar-refractivity contribution in [3.63, 3.8) is 0 Å². The average molecular weight is 297 g/mol. The summed E-state index contributed by atoms with van der Waals surface area (Å²) in [5, 5.41) is 10.1. The summed E-state index contributed by atoms with van der Waals surface area (Å²) in [5.74, 6) is -0.646. The molecule has 0 saturated heterocycles. The molecule has 1 aromatic heterocycles. The van der Waals surface area contributed by atoms with Gasteiger partial charge in [0.1, 0.15) is 5.58 Å². The highest BCUT2D eigenvalue weighted by Gasteiger charge is 2.24. The van der Waals surface area contributed by atoms with Gasteiger partial charge in [-0.3, -0.25) is 4.79 Å². The first-order valence-corrected chi connectivity index (χ1v) is 6.63. The summed E-state index contributed by atoms with van der Waals surface area (Å²) in [7, 11) is 0. The zero-order chi connectivity index (χ0) is 15.6. The Morgan fingerprint density at radius 2 is 2.10 bits per heavy atom. The summed E-state index contributed by atoms with van der Waals surface area (Å²) >= 11 is 0. The maximum absolute atomic E-state index is 12.6. The normalized spacial score (nSPS) is 12.9. The lowest BCUT2D eigenvalue weighted by atomic mass is 10.1. The van der Waals surface area contributed by atoms with Gasteiger partial charge in [-0.2, -0.15) is 0 Å². The van der Waals surface area contributed by atoms with Crippen LogP contribution in [0.2, 0.25) is 0 Å². The highest BCUT2D eigenvalue weighted by atomic mass is 19.3. The van der Waals surface area contributed by atoms with Crippen LogP contribution >= 0.6 is 0 Å². The van der Waals surface area contributed by atoms with Crippen molar-refractivity contribution in [2.45, 2.75) is 26.4 Å². The van der Waals surface area contributed by atoms with E-state index in [-0.39, 0.29) is 12.3 Å². The number of aliphatic hydroxyl groups excluding tert-OH is 1. The molecule has 6 heteroatoms. The van der Waals surface area contributed by atoms with Gasteiger partial charge < -0.3 is 14.4 Å². The molecule has 0 saturated carbocycles. The van der Waals surface area contributed by atoms with Crippen LogP contribution in [0.25, 0.3) is 11.0 Å². The molecule has 2 rings (SSSR count). The first-order valence-electron chi connectivity index (χ1n) is 6.63. The molecule has 2 aromatic rings. The summed E-state index contributed by atoms with van der Waals surface area (Å²) in [6.07, 6.45) is -3.56. The van der Waals surface area contributed by atoms with Gasteiger partial charge in [0.15, 0.2) is 5.76 Å². The van der Waals surface area contributed by atoms with Gasteiger partial charge in [0.2, 0.25) is 0 Å². The van der Waals surface area contributed by atoms with E-state index in [1.165, 1.54) is 6.92 Å². The van der Waals surface area contributed by atoms with Crippen LogP contribution in [0.1, 0.15) is 23.0 Å². The Labute approximate surface area is 121 Å². The predicted molar refractivity (Wildman–Crippen MR) is 74.5 cm³/mol. The molecule has 21 heavy (non-hydrogen) atoms. The lowest BCUT2D eigenvalue weighted by Gasteiger charge is -2.22. The number of aryl methyl sites for hydroxylation is 1. The molecule has 4 nitrogen and oxygen atoms in total. The summed E-state index contributed by atoms with van der Waals surface area (Å²) < 4.78 is 30.6. The van der Waals surface area contributed by atoms with Gasteiger partial charge in [0, 0.05) is 11.9 Å². The smallest absolute Gasteiger partial charge is 0.289 e. The fraction of sp³-hybridized carbons (Fsp3) is 0.400. The number of carbonyl (C=O) groups excluding carboxylic acids is 1. The van der Waals surface area contributed by atoms with Crippen molar-refractivity contribution >= 4 is 16.9 Å². The fourth-order valence-corrected chi connectivity index (χ4v) is 2.19. The highest BCUT2D eigenvalue weighted by Crippen LogP contribution is 2.23. The number of alkyl halides is 2. The predicted octanol–water partition coefficient (Wildman–Crippen LogP) is 2.83. The molecule has 1 N–H and O–H groups in total. The highest BCUT2D eigenvalue weighted by molar-refractivity contribution is 5.96. The number of fused-ring (bicyclic) bond motifs is 1. The molecule has 1 amide bonds. The molecule has 0 radical (unpaired) electrons. The van der Waals surface area contributed by atoms with Crippen molar-refractivity contribution in [2.24, 2.45) is 0 Å². The van der Waals surface area contributed by atoms with Crippen LogP contribution < -0.4 is 0 Å². The number of hydrogen-bond acceptors (Lipinski definition) is 3. The van der Waals surface area contributed by atoms with E-state index in [2.05, 4.69) is 0 Å². The number of halogens is 2. The summed E-state index contributed by atoms with van der Waals surface area (Å²) in [6, 6.07) is 6.93. The first kappa shape index (κ1) is 15.4. The molecule has 0 spiro atoms. The summed E-state index contributed by atoms with van der Waals surface area (Å²) in [5.41, 5.74) is 1.47. The van der Waals surface area contributed by atoms with Gasteiger partial charge in [-0.15, -0.1) is 0 Å². The van der Waals surface area contributed by atoms with Gasteiger partial charge in [0.25, 0.3) is 12.3 Å². The van der Waals surface area contributed by atoms with Crippen molar-refractivity contribution in [2.75, 3.05) is 13.1 Å². The maximum Gasteiger partial charge on any atom is 0.289 e. The van der Waals surface area contributed by atoms with Crippen molar-refractivity contribution in [3.8, 4) is 0 Å². The van der Waals surface area contributed by atoms with E-state index in [9.17, 15) is 18.7 Å². The third-order valence-corrected chi connectivity index (χ3v) is 3.12. The van der Waals surface area contributed by atoms with Crippen LogP contribution in [-0.2, 0) is 0 Å². The van der Waals surface area contributed by atoms with E-state index in [1.54, 1.807) is 18.2 Å². The van der Waals surface area contributed by atoms with Crippen LogP contribution in [0.4, 0.5) is 8.78 Å². The Morgan fingerprint density at radius 3 is 2.67 bits per heavy atom. The Balaban J connectivity index is 2.31. The largest absolute Gasteiger partial charge is 0.451 e. The monoisotopic (exact) mass is 297 g/mol. The molecule has 0 aliphatic carbocycles. The lowest BCUT2D eigenvalue weighted by Crippen LogP contribution is -2.39. The van der Waals surface area contributed by atoms with Crippen LogP contribution in [0.15, 0.2) is 28.7 Å². The first-order chi connectivity index (χ1) is 9.88. The maximum atomic E-state index is 12.6. The van der Waals surface area contributed by atoms with Gasteiger partial charge in [-0.25, -0.2) is 8.78 Å². The molecule has 0 fully saturated rings. The molecule has 114 valence electrons. The summed E-state index contributed by atoms with van der Waals surface area (Å²) in [4.78, 5) is 13.2. The molecular weight excluding hydrogens is 280 g/mol. The minimum absolute atomic E-state index is 0.000556. The van der Waals surface area contributed by atoms with Gasteiger partial charge in [-0.05, 0) is 31.5 Å². The van der Waals surface area contributed by atoms with E-state index in [0.717, 1.165) is 15.8 Å². The Bertz CT molecular complexity index is 627. The van der Waals surface area contributed by atoms with Crippen molar-refractivity contribution in [3.05, 3.63) is 35.6 Å². The summed E-state index contributed by atoms with van der Waals surface area (Å²) in [6.45, 7) is 2.41. The SMILES string of the molecule is Cc1cccc2oc(C(=O)N(CC(C)O)CC(F)F)cc12. The number of furan rings is 1. The minimum atomic E-state index is -2.67. The van der Waals surface area contributed by atoms with Crippen LogP contribution in [0.5, 0.6) is 0 Å². The molecular formula is C15H17F2NO3. The second-order valence-corrected chi connectivity index (χ2v) is 5.05. The third-order valence-electron chi connectivity index (χ3n) is 3.12. The Hall–Kier alpha value is -1.95. The zero-order valence-electron chi connectivity index (χ0n) is 11.8. The second-order valence-electron chi connectivity index (χ2n) is 5.05. The van der Waals surface area contributed by atoms with E-state index >= 15 is 0 Å². The van der Waals surface area contributed by atoms with Gasteiger partial charge >= 0.3 is 0 Å². The molecule has 0 bridgehead atoms. The molecule has 1 unspecified atom stereocenters. The molecule has 0 aliphatic heterocycles. The molecule has 1 heterocycles. The fourth-order valence-electron chi connectivity index (χ4n) is 2.19. The minimum Gasteiger partial charge on any atom is -0.451 e. The number of hydrogen-bond donors (Lipinski definition) is 1. The van der Waals surface area contributed by atoms with Crippen molar-refractivity contribution in [1.82, 2.24) is 4.90 Å². The topological polar surface area (TPSA) is 53.7 Å². The van der Waals surface area contributed by atoms with E-state index in [0.29, 0.717) is 5.58 Å². The van der Waals surface area contributed by atoms with Crippen LogP contribution in [0, 0.1) is 6.92 Å². The van der Waals surface area contributed by atoms with E-state index in [4.69, 9.17) is 4.42 Å². The Kier molecular flexibility index (Phi) is 4.57. The van der Waals surface area contributed by atoms with E-state index in [1.807, 2.05) is 13.0 Å². The average Bonchev–Trinajstić information content (AvgIpc) is 2.81. The van der Waals surface area contributed by atoms with Crippen LogP contribution in [0.3, 0.4) is 0 Å². The van der Waals surface area contributed by atoms with Crippen molar-refractivity contribution in [1.29, 1.82) is 0 Å². The zero-order valence-corrected chi connectivity index (χ0v) is 11.8. The van der Waals surface area contributed by atoms with Gasteiger partial charge in [0.05, 0.1) is 12.6 Å². The standard InChI is InChI=1S/C15H17F2NO3/c1-9-4-3-5-12-11(9)6-13(21-12)15(20)18(7-10(2)19)8-14(16)17/h3-6,10,14,19H,7-8H2,1-2H3. The van der Waals surface area contributed by atoms with Crippen molar-refractivity contribution < 1.29 is 23.1 Å². The molecule has 0 aliphatic rings. The molecule has 1 atom stereocenters. The lowest BCUT2D eigenvalue weighted by molar-refractivity contribution is 0.0398. The van der Waals surface area contributed by atoms with E-state index < -0.39 is 25.0 Å². The number of rotatable bonds is 5. The van der Waals surface area contributed by atoms with Crippen LogP contribution in [-0.4, -0.2) is 41.5 Å². The van der Waals surface area contributed by atoms with Gasteiger partial charge in [-0.1, -0.05) is 12.1 Å². The number of nitrogens with zero attached hydrogens (tertiary/aromatic N) is 1. The number of carbonyl (C=O) groups is 1. The third kappa shape index (κ3) is 3.58. The number of benzene rings is 1. The quantitative estimate of drug-likeness (QED) is 0.923. The number of aliphatic hydroxyl groups is 1. The number of amides is 1. The Morgan fingerprint density at radius 1 is 1.38 bits per heavy atom. The molecule has 1 aromatic carbocycles. The second kappa shape index (κ2) is 6.22.